The molecule has 4 nitrogen and oxygen atoms in total. The van der Waals surface area contributed by atoms with Crippen molar-refractivity contribution in [2.75, 3.05) is 26.2 Å². The Morgan fingerprint density at radius 2 is 0.808 bits per heavy atom. The van der Waals surface area contributed by atoms with E-state index in [1.165, 1.54) is 0 Å². The van der Waals surface area contributed by atoms with Crippen molar-refractivity contribution in [1.29, 1.82) is 0 Å². The molecule has 0 spiro atoms. The molecule has 0 aromatic rings. The number of unbranched alkanes of at least 4 members (excludes halogenated alkanes) is 5. The number of carbonyl (C=O) groups is 2. The molecule has 0 aliphatic rings. The summed E-state index contributed by atoms with van der Waals surface area (Å²) in [7, 11) is 0. The van der Waals surface area contributed by atoms with Gasteiger partial charge in [-0.2, -0.15) is 0 Å². The van der Waals surface area contributed by atoms with Crippen molar-refractivity contribution in [3.63, 3.8) is 0 Å². The molecule has 26 heavy (non-hydrogen) atoms. The zero-order chi connectivity index (χ0) is 19.6. The van der Waals surface area contributed by atoms with E-state index in [4.69, 9.17) is 0 Å². The molecular weight excluding hydrogens is 324 g/mol. The lowest BCUT2D eigenvalue weighted by molar-refractivity contribution is -0.131. The van der Waals surface area contributed by atoms with E-state index in [1.807, 2.05) is 0 Å². The molecule has 0 saturated carbocycles. The maximum atomic E-state index is 12.1. The number of hydrogen-bond acceptors (Lipinski definition) is 2. The topological polar surface area (TPSA) is 40.6 Å². The highest BCUT2D eigenvalue weighted by molar-refractivity contribution is 5.76. The molecule has 0 rings (SSSR count). The highest BCUT2D eigenvalue weighted by Gasteiger charge is 2.11. The summed E-state index contributed by atoms with van der Waals surface area (Å²) in [6.07, 6.45) is 14.3. The van der Waals surface area contributed by atoms with Crippen molar-refractivity contribution < 1.29 is 9.59 Å². The van der Waals surface area contributed by atoms with Crippen LogP contribution in [0.2, 0.25) is 0 Å². The van der Waals surface area contributed by atoms with Crippen molar-refractivity contribution >= 4 is 11.8 Å². The predicted octanol–water partition coefficient (Wildman–Crippen LogP) is 4.51. The van der Waals surface area contributed by atoms with Gasteiger partial charge in [0.05, 0.1) is 0 Å². The number of hydrogen-bond donors (Lipinski definition) is 0. The maximum absolute atomic E-state index is 12.1. The average Bonchev–Trinajstić information content (AvgIpc) is 2.63. The van der Waals surface area contributed by atoms with Gasteiger partial charge >= 0.3 is 0 Å². The first-order valence-electron chi connectivity index (χ1n) is 9.59. The Kier molecular flexibility index (Phi) is 15.1. The highest BCUT2D eigenvalue weighted by atomic mass is 16.2. The summed E-state index contributed by atoms with van der Waals surface area (Å²) in [5.74, 6) is 0.333. The van der Waals surface area contributed by atoms with E-state index in [0.717, 1.165) is 38.5 Å². The van der Waals surface area contributed by atoms with Crippen molar-refractivity contribution in [3.8, 4) is 0 Å². The molecule has 0 heterocycles. The Bertz CT molecular complexity index is 395. The predicted molar refractivity (Wildman–Crippen MR) is 111 cm³/mol. The van der Waals surface area contributed by atoms with Crippen molar-refractivity contribution in [3.05, 3.63) is 50.6 Å². The van der Waals surface area contributed by atoms with Gasteiger partial charge in [-0.1, -0.05) is 50.0 Å². The summed E-state index contributed by atoms with van der Waals surface area (Å²) in [6.45, 7) is 17.0. The SMILES string of the molecule is C=CCN(CC=C)C(=O)CCCCCCCCC(=O)N(CC=C)CC=C. The van der Waals surface area contributed by atoms with Crippen LogP contribution in [0.3, 0.4) is 0 Å². The number of nitrogens with zero attached hydrogens (tertiary/aromatic N) is 2. The fourth-order valence-electron chi connectivity index (χ4n) is 2.76. The molecule has 4 heteroatoms. The quantitative estimate of drug-likeness (QED) is 0.283. The van der Waals surface area contributed by atoms with Crippen LogP contribution >= 0.6 is 0 Å². The number of rotatable bonds is 17. The van der Waals surface area contributed by atoms with Crippen LogP contribution in [-0.4, -0.2) is 47.8 Å². The second kappa shape index (κ2) is 16.4. The first-order chi connectivity index (χ1) is 12.6. The maximum Gasteiger partial charge on any atom is 0.223 e. The molecule has 0 bridgehead atoms. The molecule has 0 aromatic carbocycles. The van der Waals surface area contributed by atoms with E-state index in [-0.39, 0.29) is 11.8 Å². The molecular formula is C22H36N2O2. The van der Waals surface area contributed by atoms with Crippen LogP contribution in [0.15, 0.2) is 50.6 Å². The lowest BCUT2D eigenvalue weighted by atomic mass is 10.1. The van der Waals surface area contributed by atoms with Crippen LogP contribution < -0.4 is 0 Å². The average molecular weight is 361 g/mol. The van der Waals surface area contributed by atoms with Crippen LogP contribution in [0.5, 0.6) is 0 Å². The third-order valence-corrected chi connectivity index (χ3v) is 4.13. The minimum absolute atomic E-state index is 0.167. The van der Waals surface area contributed by atoms with E-state index in [9.17, 15) is 9.59 Å². The molecule has 0 radical (unpaired) electrons. The summed E-state index contributed by atoms with van der Waals surface area (Å²) in [5, 5.41) is 0. The lowest BCUT2D eigenvalue weighted by Gasteiger charge is -2.19. The van der Waals surface area contributed by atoms with Crippen molar-refractivity contribution in [1.82, 2.24) is 9.80 Å². The number of carbonyl (C=O) groups excluding carboxylic acids is 2. The fraction of sp³-hybridized carbons (Fsp3) is 0.545. The van der Waals surface area contributed by atoms with E-state index in [2.05, 4.69) is 26.3 Å². The van der Waals surface area contributed by atoms with Crippen LogP contribution in [0.25, 0.3) is 0 Å². The van der Waals surface area contributed by atoms with Gasteiger partial charge in [-0.25, -0.2) is 0 Å². The molecule has 0 aliphatic heterocycles. The van der Waals surface area contributed by atoms with Gasteiger partial charge in [0, 0.05) is 39.0 Å². The Balaban J connectivity index is 3.77. The molecule has 2 amide bonds. The van der Waals surface area contributed by atoms with Gasteiger partial charge in [-0.3, -0.25) is 9.59 Å². The van der Waals surface area contributed by atoms with Crippen LogP contribution in [0.1, 0.15) is 51.4 Å². The zero-order valence-electron chi connectivity index (χ0n) is 16.3. The first-order valence-corrected chi connectivity index (χ1v) is 9.59. The summed E-state index contributed by atoms with van der Waals surface area (Å²) in [4.78, 5) is 27.7. The summed E-state index contributed by atoms with van der Waals surface area (Å²) < 4.78 is 0. The molecule has 0 saturated heterocycles. The van der Waals surface area contributed by atoms with Gasteiger partial charge in [0.25, 0.3) is 0 Å². The van der Waals surface area contributed by atoms with Gasteiger partial charge in [-0.05, 0) is 12.8 Å². The van der Waals surface area contributed by atoms with Crippen molar-refractivity contribution in [2.24, 2.45) is 0 Å². The Hall–Kier alpha value is -2.10. The van der Waals surface area contributed by atoms with Crippen LogP contribution in [0, 0.1) is 0 Å². The molecule has 0 aromatic heterocycles. The third-order valence-electron chi connectivity index (χ3n) is 4.13. The van der Waals surface area contributed by atoms with E-state index in [1.54, 1.807) is 34.1 Å². The second-order valence-corrected chi connectivity index (χ2v) is 6.37. The normalized spacial score (nSPS) is 10.0. The monoisotopic (exact) mass is 360 g/mol. The second-order valence-electron chi connectivity index (χ2n) is 6.37. The van der Waals surface area contributed by atoms with Crippen molar-refractivity contribution in [2.45, 2.75) is 51.4 Å². The zero-order valence-corrected chi connectivity index (χ0v) is 16.3. The van der Waals surface area contributed by atoms with E-state index < -0.39 is 0 Å². The number of amides is 2. The summed E-state index contributed by atoms with van der Waals surface area (Å²) in [5.41, 5.74) is 0. The van der Waals surface area contributed by atoms with Gasteiger partial charge in [0.15, 0.2) is 0 Å². The highest BCUT2D eigenvalue weighted by Crippen LogP contribution is 2.11. The smallest absolute Gasteiger partial charge is 0.223 e. The standard InChI is InChI=1S/C22H36N2O2/c1-5-17-23(18-6-2)21(25)15-13-11-9-10-12-14-16-22(26)24(19-7-3)20-8-4/h5-8H,1-4,9-20H2. The van der Waals surface area contributed by atoms with Crippen LogP contribution in [0.4, 0.5) is 0 Å². The van der Waals surface area contributed by atoms with Gasteiger partial charge < -0.3 is 9.80 Å². The lowest BCUT2D eigenvalue weighted by Crippen LogP contribution is -2.31. The fourth-order valence-corrected chi connectivity index (χ4v) is 2.76. The van der Waals surface area contributed by atoms with Gasteiger partial charge in [0.1, 0.15) is 0 Å². The third kappa shape index (κ3) is 11.5. The Morgan fingerprint density at radius 3 is 1.08 bits per heavy atom. The Morgan fingerprint density at radius 1 is 0.538 bits per heavy atom. The molecule has 0 unspecified atom stereocenters. The molecule has 0 atom stereocenters. The van der Waals surface area contributed by atoms with Gasteiger partial charge in [0.2, 0.25) is 11.8 Å². The molecule has 0 N–H and O–H groups in total. The van der Waals surface area contributed by atoms with E-state index >= 15 is 0 Å². The van der Waals surface area contributed by atoms with Gasteiger partial charge in [-0.15, -0.1) is 26.3 Å². The molecule has 146 valence electrons. The molecule has 0 aliphatic carbocycles. The molecule has 0 fully saturated rings. The Labute approximate surface area is 159 Å². The minimum atomic E-state index is 0.167. The first kappa shape index (κ1) is 23.9. The van der Waals surface area contributed by atoms with E-state index in [0.29, 0.717) is 39.0 Å². The summed E-state index contributed by atoms with van der Waals surface area (Å²) in [6, 6.07) is 0. The largest absolute Gasteiger partial charge is 0.335 e. The van der Waals surface area contributed by atoms with Crippen LogP contribution in [-0.2, 0) is 9.59 Å². The summed E-state index contributed by atoms with van der Waals surface area (Å²) >= 11 is 0. The minimum Gasteiger partial charge on any atom is -0.335 e.